The van der Waals surface area contributed by atoms with Crippen LogP contribution in [0.15, 0.2) is 17.0 Å². The molecule has 1 aliphatic heterocycles. The minimum absolute atomic E-state index is 0.0426. The summed E-state index contributed by atoms with van der Waals surface area (Å²) in [5, 5.41) is 0.131. The average molecular weight is 357 g/mol. The SMILES string of the molecule is Nc1c(Cl)ccc(S(=O)(=O)NC2CCS(=O)CC2)c1Cl. The van der Waals surface area contributed by atoms with E-state index in [-0.39, 0.29) is 26.7 Å². The Labute approximate surface area is 130 Å². The Hall–Kier alpha value is -0.340. The van der Waals surface area contributed by atoms with E-state index in [1.807, 2.05) is 0 Å². The fourth-order valence-corrected chi connectivity index (χ4v) is 5.32. The van der Waals surface area contributed by atoms with Crippen LogP contribution in [0, 0.1) is 0 Å². The molecule has 0 aromatic heterocycles. The van der Waals surface area contributed by atoms with E-state index >= 15 is 0 Å². The van der Waals surface area contributed by atoms with Crippen LogP contribution < -0.4 is 10.5 Å². The highest BCUT2D eigenvalue weighted by Crippen LogP contribution is 2.33. The molecule has 20 heavy (non-hydrogen) atoms. The van der Waals surface area contributed by atoms with Crippen LogP contribution in [-0.2, 0) is 20.8 Å². The third-order valence-electron chi connectivity index (χ3n) is 3.09. The van der Waals surface area contributed by atoms with Crippen molar-refractivity contribution in [2.24, 2.45) is 0 Å². The molecule has 1 aliphatic rings. The lowest BCUT2D eigenvalue weighted by atomic mass is 10.2. The molecule has 1 saturated heterocycles. The predicted molar refractivity (Wildman–Crippen MR) is 82.1 cm³/mol. The van der Waals surface area contributed by atoms with Gasteiger partial charge in [0.2, 0.25) is 10.0 Å². The van der Waals surface area contributed by atoms with Gasteiger partial charge in [-0.1, -0.05) is 23.2 Å². The molecule has 9 heteroatoms. The minimum atomic E-state index is -3.77. The first kappa shape index (κ1) is 16.0. The van der Waals surface area contributed by atoms with Crippen molar-refractivity contribution in [1.29, 1.82) is 0 Å². The first-order valence-corrected chi connectivity index (χ1v) is 9.65. The first-order chi connectivity index (χ1) is 9.31. The molecular weight excluding hydrogens is 343 g/mol. The Morgan fingerprint density at radius 3 is 2.45 bits per heavy atom. The smallest absolute Gasteiger partial charge is 0.242 e. The molecule has 1 aromatic carbocycles. The molecule has 1 aromatic rings. The average Bonchev–Trinajstić information content (AvgIpc) is 2.38. The lowest BCUT2D eigenvalue weighted by Crippen LogP contribution is -2.39. The van der Waals surface area contributed by atoms with Gasteiger partial charge in [0.1, 0.15) is 4.90 Å². The number of nitrogens with two attached hydrogens (primary N) is 1. The Morgan fingerprint density at radius 1 is 1.25 bits per heavy atom. The number of sulfonamides is 1. The minimum Gasteiger partial charge on any atom is -0.396 e. The van der Waals surface area contributed by atoms with Crippen LogP contribution in [0.2, 0.25) is 10.0 Å². The topological polar surface area (TPSA) is 89.3 Å². The number of halogens is 2. The molecule has 0 spiro atoms. The van der Waals surface area contributed by atoms with Gasteiger partial charge in [-0.2, -0.15) is 0 Å². The molecule has 0 radical (unpaired) electrons. The maximum absolute atomic E-state index is 12.3. The van der Waals surface area contributed by atoms with Crippen LogP contribution in [-0.4, -0.2) is 30.2 Å². The number of benzene rings is 1. The van der Waals surface area contributed by atoms with Gasteiger partial charge in [0.25, 0.3) is 0 Å². The van der Waals surface area contributed by atoms with E-state index in [4.69, 9.17) is 28.9 Å². The van der Waals surface area contributed by atoms with Gasteiger partial charge >= 0.3 is 0 Å². The summed E-state index contributed by atoms with van der Waals surface area (Å²) in [4.78, 5) is -0.0900. The second kappa shape index (κ2) is 6.19. The predicted octanol–water partition coefficient (Wildman–Crippen LogP) is 1.77. The van der Waals surface area contributed by atoms with E-state index in [1.165, 1.54) is 12.1 Å². The number of hydrogen-bond donors (Lipinski definition) is 2. The second-order valence-corrected chi connectivity index (χ2v) is 8.68. The van der Waals surface area contributed by atoms with Crippen molar-refractivity contribution in [2.45, 2.75) is 23.8 Å². The van der Waals surface area contributed by atoms with Gasteiger partial charge in [-0.25, -0.2) is 13.1 Å². The molecule has 1 heterocycles. The summed E-state index contributed by atoms with van der Waals surface area (Å²) in [6.07, 6.45) is 1.10. The molecular formula is C11H14Cl2N2O3S2. The largest absolute Gasteiger partial charge is 0.396 e. The van der Waals surface area contributed by atoms with E-state index in [0.717, 1.165) is 0 Å². The van der Waals surface area contributed by atoms with Gasteiger partial charge in [0.05, 0.1) is 15.7 Å². The van der Waals surface area contributed by atoms with Crippen LogP contribution in [0.3, 0.4) is 0 Å². The van der Waals surface area contributed by atoms with Gasteiger partial charge in [0, 0.05) is 28.3 Å². The van der Waals surface area contributed by atoms with Crippen molar-refractivity contribution < 1.29 is 12.6 Å². The molecule has 112 valence electrons. The summed E-state index contributed by atoms with van der Waals surface area (Å²) < 4.78 is 38.4. The summed E-state index contributed by atoms with van der Waals surface area (Å²) >= 11 is 11.7. The Bertz CT molecular complexity index is 639. The van der Waals surface area contributed by atoms with Crippen molar-refractivity contribution in [2.75, 3.05) is 17.2 Å². The van der Waals surface area contributed by atoms with Gasteiger partial charge in [-0.05, 0) is 25.0 Å². The van der Waals surface area contributed by atoms with Crippen molar-refractivity contribution in [3.8, 4) is 0 Å². The lowest BCUT2D eigenvalue weighted by Gasteiger charge is -2.22. The number of hydrogen-bond acceptors (Lipinski definition) is 4. The maximum Gasteiger partial charge on any atom is 0.242 e. The van der Waals surface area contributed by atoms with Crippen LogP contribution in [0.5, 0.6) is 0 Å². The van der Waals surface area contributed by atoms with Gasteiger partial charge < -0.3 is 5.73 Å². The van der Waals surface area contributed by atoms with E-state index in [0.29, 0.717) is 24.3 Å². The van der Waals surface area contributed by atoms with Crippen LogP contribution in [0.25, 0.3) is 0 Å². The fraction of sp³-hybridized carbons (Fsp3) is 0.455. The van der Waals surface area contributed by atoms with E-state index in [9.17, 15) is 12.6 Å². The summed E-state index contributed by atoms with van der Waals surface area (Å²) in [5.41, 5.74) is 5.68. The normalized spacial score (nSPS) is 23.7. The summed E-state index contributed by atoms with van der Waals surface area (Å²) in [6, 6.07) is 2.49. The first-order valence-electron chi connectivity index (χ1n) is 5.92. The highest BCUT2D eigenvalue weighted by Gasteiger charge is 2.26. The molecule has 0 saturated carbocycles. The summed E-state index contributed by atoms with van der Waals surface area (Å²) in [6.45, 7) is 0. The van der Waals surface area contributed by atoms with E-state index in [1.54, 1.807) is 0 Å². The number of rotatable bonds is 3. The van der Waals surface area contributed by atoms with Crippen LogP contribution in [0.1, 0.15) is 12.8 Å². The van der Waals surface area contributed by atoms with Crippen molar-refractivity contribution in [3.05, 3.63) is 22.2 Å². The lowest BCUT2D eigenvalue weighted by molar-refractivity contribution is 0.522. The highest BCUT2D eigenvalue weighted by molar-refractivity contribution is 7.89. The molecule has 0 amide bonds. The third kappa shape index (κ3) is 3.46. The highest BCUT2D eigenvalue weighted by atomic mass is 35.5. The Kier molecular flexibility index (Phi) is 4.96. The molecule has 1 fully saturated rings. The zero-order chi connectivity index (χ0) is 14.9. The quantitative estimate of drug-likeness (QED) is 0.807. The van der Waals surface area contributed by atoms with E-state index in [2.05, 4.69) is 4.72 Å². The molecule has 2 rings (SSSR count). The third-order valence-corrected chi connectivity index (χ3v) is 6.88. The summed E-state index contributed by atoms with van der Waals surface area (Å²) in [7, 11) is -4.61. The van der Waals surface area contributed by atoms with Crippen molar-refractivity contribution in [1.82, 2.24) is 4.72 Å². The maximum atomic E-state index is 12.3. The molecule has 3 N–H and O–H groups in total. The van der Waals surface area contributed by atoms with Gasteiger partial charge in [0.15, 0.2) is 0 Å². The molecule has 0 atom stereocenters. The Balaban J connectivity index is 2.23. The number of nitrogen functional groups attached to an aromatic ring is 1. The number of nitrogens with one attached hydrogen (secondary N) is 1. The molecule has 0 bridgehead atoms. The standard InChI is InChI=1S/C11H14Cl2N2O3S2/c12-8-1-2-9(10(13)11(8)14)20(17,18)15-7-3-5-19(16)6-4-7/h1-2,7,15H,3-6,14H2. The van der Waals surface area contributed by atoms with Crippen molar-refractivity contribution >= 4 is 49.7 Å². The van der Waals surface area contributed by atoms with Crippen molar-refractivity contribution in [3.63, 3.8) is 0 Å². The van der Waals surface area contributed by atoms with Gasteiger partial charge in [-0.3, -0.25) is 4.21 Å². The molecule has 0 unspecified atom stereocenters. The fourth-order valence-electron chi connectivity index (χ4n) is 1.95. The Morgan fingerprint density at radius 2 is 1.85 bits per heavy atom. The van der Waals surface area contributed by atoms with Gasteiger partial charge in [-0.15, -0.1) is 0 Å². The zero-order valence-corrected chi connectivity index (χ0v) is 13.6. The second-order valence-electron chi connectivity index (χ2n) is 4.52. The van der Waals surface area contributed by atoms with Crippen LogP contribution >= 0.6 is 23.2 Å². The zero-order valence-electron chi connectivity index (χ0n) is 10.4. The number of anilines is 1. The monoisotopic (exact) mass is 356 g/mol. The molecule has 0 aliphatic carbocycles. The summed E-state index contributed by atoms with van der Waals surface area (Å²) in [5.74, 6) is 1.01. The molecule has 5 nitrogen and oxygen atoms in total. The van der Waals surface area contributed by atoms with Crippen LogP contribution in [0.4, 0.5) is 5.69 Å². The van der Waals surface area contributed by atoms with E-state index < -0.39 is 20.8 Å².